The van der Waals surface area contributed by atoms with Crippen molar-refractivity contribution in [2.24, 2.45) is 0 Å². The van der Waals surface area contributed by atoms with Gasteiger partial charge in [-0.15, -0.1) is 0 Å². The van der Waals surface area contributed by atoms with Crippen LogP contribution in [0.1, 0.15) is 13.8 Å². The summed E-state index contributed by atoms with van der Waals surface area (Å²) in [5.41, 5.74) is 0. The molecule has 0 unspecified atom stereocenters. The van der Waals surface area contributed by atoms with E-state index in [-0.39, 0.29) is 9.03 Å². The topological polar surface area (TPSA) is 18.5 Å². The van der Waals surface area contributed by atoms with Gasteiger partial charge in [-0.2, -0.15) is 12.6 Å². The Labute approximate surface area is 96.1 Å². The normalized spacial score (nSPS) is 10.7. The summed E-state index contributed by atoms with van der Waals surface area (Å²) in [7, 11) is 6.72. The SMILES string of the molecule is CCOPOCC.C[N+](C)(C)CCS. The van der Waals surface area contributed by atoms with Crippen molar-refractivity contribution in [3.8, 4) is 0 Å². The quantitative estimate of drug-likeness (QED) is 0.333. The molecule has 0 aliphatic carbocycles. The largest absolute Gasteiger partial charge is 0.337 e. The van der Waals surface area contributed by atoms with Crippen LogP contribution < -0.4 is 0 Å². The summed E-state index contributed by atoms with van der Waals surface area (Å²) in [4.78, 5) is 0. The molecule has 0 N–H and O–H groups in total. The minimum Gasteiger partial charge on any atom is -0.337 e. The van der Waals surface area contributed by atoms with Crippen molar-refractivity contribution in [2.75, 3.05) is 46.7 Å². The highest BCUT2D eigenvalue weighted by Gasteiger charge is 2.01. The number of thiol groups is 1. The van der Waals surface area contributed by atoms with Crippen molar-refractivity contribution in [3.05, 3.63) is 0 Å². The van der Waals surface area contributed by atoms with Crippen molar-refractivity contribution < 1.29 is 13.5 Å². The highest BCUT2D eigenvalue weighted by Crippen LogP contribution is 2.10. The molecule has 0 aromatic rings. The lowest BCUT2D eigenvalue weighted by Crippen LogP contribution is -2.36. The third kappa shape index (κ3) is 23.0. The summed E-state index contributed by atoms with van der Waals surface area (Å²) in [5.74, 6) is 0.976. The second-order valence-electron chi connectivity index (χ2n) is 3.69. The molecule has 0 atom stereocenters. The molecule has 88 valence electrons. The van der Waals surface area contributed by atoms with E-state index in [1.165, 1.54) is 0 Å². The van der Waals surface area contributed by atoms with Gasteiger partial charge in [0, 0.05) is 5.75 Å². The van der Waals surface area contributed by atoms with Crippen LogP contribution in [0.15, 0.2) is 0 Å². The van der Waals surface area contributed by atoms with Crippen LogP contribution in [-0.4, -0.2) is 51.1 Å². The molecule has 0 aromatic heterocycles. The maximum atomic E-state index is 4.88. The maximum absolute atomic E-state index is 4.88. The van der Waals surface area contributed by atoms with Crippen LogP contribution in [0.2, 0.25) is 0 Å². The maximum Gasteiger partial charge on any atom is 0.155 e. The molecule has 14 heavy (non-hydrogen) atoms. The molecule has 3 nitrogen and oxygen atoms in total. The van der Waals surface area contributed by atoms with Gasteiger partial charge in [-0.1, -0.05) is 0 Å². The number of rotatable bonds is 6. The Morgan fingerprint density at radius 1 is 1.07 bits per heavy atom. The summed E-state index contributed by atoms with van der Waals surface area (Å²) in [6.45, 7) is 6.54. The fraction of sp³-hybridized carbons (Fsp3) is 1.00. The molecule has 0 radical (unpaired) electrons. The summed E-state index contributed by atoms with van der Waals surface area (Å²) in [6.07, 6.45) is 0. The minimum absolute atomic E-state index is 0.232. The lowest BCUT2D eigenvalue weighted by Gasteiger charge is -2.22. The first-order valence-corrected chi connectivity index (χ1v) is 6.32. The van der Waals surface area contributed by atoms with Gasteiger partial charge < -0.3 is 13.5 Å². The Morgan fingerprint density at radius 2 is 1.50 bits per heavy atom. The first-order valence-electron chi connectivity index (χ1n) is 4.87. The van der Waals surface area contributed by atoms with Gasteiger partial charge in [0.2, 0.25) is 0 Å². The Kier molecular flexibility index (Phi) is 14.3. The van der Waals surface area contributed by atoms with E-state index in [1.54, 1.807) is 0 Å². The van der Waals surface area contributed by atoms with Crippen LogP contribution in [0.25, 0.3) is 0 Å². The third-order valence-corrected chi connectivity index (χ3v) is 2.19. The molecule has 0 rings (SSSR count). The number of nitrogens with zero attached hydrogens (tertiary/aromatic N) is 1. The van der Waals surface area contributed by atoms with Gasteiger partial charge in [0.05, 0.1) is 40.9 Å². The number of hydrogen-bond donors (Lipinski definition) is 1. The standard InChI is InChI=1S/C5H13NS.C4H11O2P/c1-6(2,3)4-5-7;1-3-5-7-6-4-2/h4-5H2,1-3H3;7H,3-4H2,1-2H3/p+1. The second-order valence-corrected chi connectivity index (χ2v) is 4.88. The molecular weight excluding hydrogens is 217 g/mol. The van der Waals surface area contributed by atoms with E-state index in [4.69, 9.17) is 9.05 Å². The minimum atomic E-state index is 0.232. The van der Waals surface area contributed by atoms with Gasteiger partial charge in [0.15, 0.2) is 9.03 Å². The zero-order valence-electron chi connectivity index (χ0n) is 10.0. The van der Waals surface area contributed by atoms with Crippen LogP contribution in [0, 0.1) is 0 Å². The lowest BCUT2D eigenvalue weighted by atomic mass is 10.6. The van der Waals surface area contributed by atoms with Gasteiger partial charge in [-0.25, -0.2) is 0 Å². The first-order chi connectivity index (χ1) is 6.47. The van der Waals surface area contributed by atoms with E-state index in [2.05, 4.69) is 33.8 Å². The lowest BCUT2D eigenvalue weighted by molar-refractivity contribution is -0.867. The molecular formula is C9H25NO2PS+. The molecule has 0 amide bonds. The fourth-order valence-corrected chi connectivity index (χ4v) is 1.38. The number of quaternary nitrogens is 1. The Bertz CT molecular complexity index is 105. The van der Waals surface area contributed by atoms with Crippen LogP contribution in [0.3, 0.4) is 0 Å². The molecule has 0 saturated heterocycles. The molecule has 0 aromatic carbocycles. The van der Waals surface area contributed by atoms with Gasteiger partial charge in [-0.3, -0.25) is 0 Å². The van der Waals surface area contributed by atoms with E-state index in [9.17, 15) is 0 Å². The monoisotopic (exact) mass is 242 g/mol. The Morgan fingerprint density at radius 3 is 1.64 bits per heavy atom. The predicted octanol–water partition coefficient (Wildman–Crippen LogP) is 2.19. The zero-order valence-corrected chi connectivity index (χ0v) is 11.9. The molecule has 0 bridgehead atoms. The highest BCUT2D eigenvalue weighted by atomic mass is 32.1. The Balaban J connectivity index is 0. The van der Waals surface area contributed by atoms with Gasteiger partial charge >= 0.3 is 0 Å². The van der Waals surface area contributed by atoms with Crippen LogP contribution in [-0.2, 0) is 9.05 Å². The molecule has 5 heteroatoms. The summed E-state index contributed by atoms with van der Waals surface area (Å²) < 4.78 is 10.8. The average molecular weight is 242 g/mol. The van der Waals surface area contributed by atoms with Crippen LogP contribution in [0.5, 0.6) is 0 Å². The molecule has 0 saturated carbocycles. The van der Waals surface area contributed by atoms with Crippen molar-refractivity contribution in [3.63, 3.8) is 0 Å². The van der Waals surface area contributed by atoms with Crippen LogP contribution in [0.4, 0.5) is 0 Å². The highest BCUT2D eigenvalue weighted by molar-refractivity contribution is 7.80. The third-order valence-electron chi connectivity index (χ3n) is 1.18. The fourth-order valence-electron chi connectivity index (χ4n) is 0.460. The smallest absolute Gasteiger partial charge is 0.155 e. The molecule has 0 aliphatic heterocycles. The van der Waals surface area contributed by atoms with Gasteiger partial charge in [-0.05, 0) is 13.8 Å². The average Bonchev–Trinajstić information content (AvgIpc) is 2.04. The first kappa shape index (κ1) is 17.1. The predicted molar refractivity (Wildman–Crippen MR) is 68.3 cm³/mol. The van der Waals surface area contributed by atoms with Crippen molar-refractivity contribution in [1.29, 1.82) is 0 Å². The zero-order chi connectivity index (χ0) is 11.4. The van der Waals surface area contributed by atoms with Gasteiger partial charge in [0.1, 0.15) is 0 Å². The second kappa shape index (κ2) is 11.7. The molecule has 0 aliphatic rings. The Hall–Kier alpha value is 0.660. The summed E-state index contributed by atoms with van der Waals surface area (Å²) >= 11 is 4.10. The van der Waals surface area contributed by atoms with Crippen LogP contribution >= 0.6 is 21.7 Å². The van der Waals surface area contributed by atoms with Crippen molar-refractivity contribution in [2.45, 2.75) is 13.8 Å². The van der Waals surface area contributed by atoms with E-state index in [1.807, 2.05) is 13.8 Å². The van der Waals surface area contributed by atoms with E-state index < -0.39 is 0 Å². The van der Waals surface area contributed by atoms with E-state index in [0.717, 1.165) is 30.0 Å². The van der Waals surface area contributed by atoms with Crippen molar-refractivity contribution >= 4 is 21.7 Å². The summed E-state index contributed by atoms with van der Waals surface area (Å²) in [5, 5.41) is 0. The van der Waals surface area contributed by atoms with E-state index >= 15 is 0 Å². The van der Waals surface area contributed by atoms with Gasteiger partial charge in [0.25, 0.3) is 0 Å². The van der Waals surface area contributed by atoms with Crippen molar-refractivity contribution in [1.82, 2.24) is 0 Å². The number of hydrogen-bond acceptors (Lipinski definition) is 3. The summed E-state index contributed by atoms with van der Waals surface area (Å²) in [6, 6.07) is 0. The molecule has 0 fully saturated rings. The molecule has 0 spiro atoms. The molecule has 0 heterocycles. The van der Waals surface area contributed by atoms with E-state index in [0.29, 0.717) is 0 Å².